The molecule has 2 atom stereocenters. The van der Waals surface area contributed by atoms with Crippen LogP contribution in [0.1, 0.15) is 36.9 Å². The van der Waals surface area contributed by atoms with E-state index in [0.717, 1.165) is 18.4 Å². The fourth-order valence-corrected chi connectivity index (χ4v) is 3.21. The van der Waals surface area contributed by atoms with Crippen LogP contribution in [-0.4, -0.2) is 16.7 Å². The van der Waals surface area contributed by atoms with Crippen molar-refractivity contribution in [3.05, 3.63) is 71.8 Å². The minimum atomic E-state index is -0.196. The Morgan fingerprint density at radius 2 is 1.61 bits per heavy atom. The predicted octanol–water partition coefficient (Wildman–Crippen LogP) is 3.76. The number of likely N-dealkylation sites (tertiary alicyclic amines) is 1. The highest BCUT2D eigenvalue weighted by Crippen LogP contribution is 2.31. The van der Waals surface area contributed by atoms with Gasteiger partial charge in [-0.2, -0.15) is 0 Å². The smallest absolute Gasteiger partial charge is 0.233 e. The predicted molar refractivity (Wildman–Crippen MR) is 89.6 cm³/mol. The zero-order valence-corrected chi connectivity index (χ0v) is 13.3. The average molecular weight is 307 g/mol. The van der Waals surface area contributed by atoms with Gasteiger partial charge in [0.25, 0.3) is 0 Å². The number of aryl methyl sites for hydroxylation is 1. The number of amides is 2. The summed E-state index contributed by atoms with van der Waals surface area (Å²) in [5, 5.41) is 0. The van der Waals surface area contributed by atoms with Gasteiger partial charge in [-0.15, -0.1) is 0 Å². The van der Waals surface area contributed by atoms with Gasteiger partial charge in [0, 0.05) is 12.3 Å². The highest BCUT2D eigenvalue weighted by atomic mass is 16.2. The Morgan fingerprint density at radius 3 is 2.26 bits per heavy atom. The van der Waals surface area contributed by atoms with Gasteiger partial charge in [0.1, 0.15) is 0 Å². The number of nitrogens with zero attached hydrogens (tertiary/aromatic N) is 1. The number of benzene rings is 2. The van der Waals surface area contributed by atoms with Crippen molar-refractivity contribution in [2.45, 2.75) is 32.2 Å². The number of carbonyl (C=O) groups is 2. The Morgan fingerprint density at radius 1 is 1.00 bits per heavy atom. The van der Waals surface area contributed by atoms with E-state index in [4.69, 9.17) is 0 Å². The summed E-state index contributed by atoms with van der Waals surface area (Å²) in [5.41, 5.74) is 2.21. The van der Waals surface area contributed by atoms with E-state index in [-0.39, 0.29) is 23.8 Å². The Hall–Kier alpha value is -2.42. The van der Waals surface area contributed by atoms with Crippen molar-refractivity contribution in [3.63, 3.8) is 0 Å². The molecule has 3 rings (SSSR count). The van der Waals surface area contributed by atoms with E-state index >= 15 is 0 Å². The topological polar surface area (TPSA) is 37.4 Å². The van der Waals surface area contributed by atoms with Crippen LogP contribution >= 0.6 is 0 Å². The van der Waals surface area contributed by atoms with Crippen LogP contribution in [0.5, 0.6) is 0 Å². The Balaban J connectivity index is 1.68. The lowest BCUT2D eigenvalue weighted by molar-refractivity contribution is -0.141. The molecule has 2 aromatic rings. The largest absolute Gasteiger partial charge is 0.275 e. The van der Waals surface area contributed by atoms with Crippen molar-refractivity contribution in [2.24, 2.45) is 5.92 Å². The lowest BCUT2D eigenvalue weighted by Gasteiger charge is -2.23. The number of hydrogen-bond acceptors (Lipinski definition) is 2. The second-order valence-corrected chi connectivity index (χ2v) is 6.11. The SMILES string of the molecule is C[C@@H](c1ccccc1)N1C(=O)CC(CCc2ccccc2)C1=O. The van der Waals surface area contributed by atoms with Crippen molar-refractivity contribution in [3.8, 4) is 0 Å². The highest BCUT2D eigenvalue weighted by molar-refractivity contribution is 6.03. The molecule has 0 N–H and O–H groups in total. The first-order valence-corrected chi connectivity index (χ1v) is 8.11. The third-order valence-electron chi connectivity index (χ3n) is 4.57. The summed E-state index contributed by atoms with van der Waals surface area (Å²) in [6.45, 7) is 1.92. The van der Waals surface area contributed by atoms with Crippen molar-refractivity contribution in [1.82, 2.24) is 4.90 Å². The highest BCUT2D eigenvalue weighted by Gasteiger charge is 2.40. The third-order valence-corrected chi connectivity index (χ3v) is 4.57. The van der Waals surface area contributed by atoms with Crippen LogP contribution in [0.3, 0.4) is 0 Å². The van der Waals surface area contributed by atoms with Gasteiger partial charge in [0.05, 0.1) is 6.04 Å². The summed E-state index contributed by atoms with van der Waals surface area (Å²) in [7, 11) is 0. The summed E-state index contributed by atoms with van der Waals surface area (Å²) >= 11 is 0. The van der Waals surface area contributed by atoms with Gasteiger partial charge in [-0.25, -0.2) is 0 Å². The van der Waals surface area contributed by atoms with E-state index in [1.54, 1.807) is 0 Å². The standard InChI is InChI=1S/C20H21NO2/c1-15(17-10-6-3-7-11-17)21-19(22)14-18(20(21)23)13-12-16-8-4-2-5-9-16/h2-11,15,18H,12-14H2,1H3/t15-,18?/m0/s1. The molecular weight excluding hydrogens is 286 g/mol. The molecule has 1 aliphatic rings. The van der Waals surface area contributed by atoms with E-state index in [9.17, 15) is 9.59 Å². The first-order valence-electron chi connectivity index (χ1n) is 8.11. The van der Waals surface area contributed by atoms with Crippen molar-refractivity contribution in [1.29, 1.82) is 0 Å². The Kier molecular flexibility index (Phi) is 4.56. The lowest BCUT2D eigenvalue weighted by atomic mass is 9.98. The fourth-order valence-electron chi connectivity index (χ4n) is 3.21. The normalized spacial score (nSPS) is 19.2. The molecule has 0 radical (unpaired) electrons. The lowest BCUT2D eigenvalue weighted by Crippen LogP contribution is -2.33. The van der Waals surface area contributed by atoms with Gasteiger partial charge >= 0.3 is 0 Å². The van der Waals surface area contributed by atoms with Crippen molar-refractivity contribution >= 4 is 11.8 Å². The quantitative estimate of drug-likeness (QED) is 0.789. The molecule has 3 heteroatoms. The Labute approximate surface area is 136 Å². The minimum absolute atomic E-state index is 0.0257. The third kappa shape index (κ3) is 3.34. The van der Waals surface area contributed by atoms with Crippen LogP contribution in [0.25, 0.3) is 0 Å². The number of rotatable bonds is 5. The summed E-state index contributed by atoms with van der Waals surface area (Å²) in [4.78, 5) is 26.4. The minimum Gasteiger partial charge on any atom is -0.275 e. The van der Waals surface area contributed by atoms with E-state index < -0.39 is 0 Å². The summed E-state index contributed by atoms with van der Waals surface area (Å²) in [6, 6.07) is 19.6. The molecule has 1 aliphatic heterocycles. The van der Waals surface area contributed by atoms with E-state index in [0.29, 0.717) is 6.42 Å². The van der Waals surface area contributed by atoms with Gasteiger partial charge in [-0.3, -0.25) is 14.5 Å². The number of carbonyl (C=O) groups excluding carboxylic acids is 2. The molecule has 0 saturated carbocycles. The monoisotopic (exact) mass is 307 g/mol. The van der Waals surface area contributed by atoms with Crippen LogP contribution in [0.2, 0.25) is 0 Å². The molecular formula is C20H21NO2. The average Bonchev–Trinajstić information content (AvgIpc) is 2.88. The molecule has 0 aromatic heterocycles. The van der Waals surface area contributed by atoms with Crippen molar-refractivity contribution in [2.75, 3.05) is 0 Å². The zero-order chi connectivity index (χ0) is 16.2. The van der Waals surface area contributed by atoms with Crippen LogP contribution in [-0.2, 0) is 16.0 Å². The molecule has 1 heterocycles. The van der Waals surface area contributed by atoms with Gasteiger partial charge in [0.15, 0.2) is 0 Å². The van der Waals surface area contributed by atoms with E-state index in [2.05, 4.69) is 12.1 Å². The molecule has 2 amide bonds. The number of imide groups is 1. The Bertz CT molecular complexity index is 681. The second kappa shape index (κ2) is 6.78. The van der Waals surface area contributed by atoms with E-state index in [1.807, 2.05) is 55.5 Å². The molecule has 0 aliphatic carbocycles. The number of hydrogen-bond donors (Lipinski definition) is 0. The fraction of sp³-hybridized carbons (Fsp3) is 0.300. The molecule has 0 spiro atoms. The summed E-state index contributed by atoms with van der Waals surface area (Å²) < 4.78 is 0. The first-order chi connectivity index (χ1) is 11.2. The molecule has 1 unspecified atom stereocenters. The van der Waals surface area contributed by atoms with Gasteiger partial charge in [-0.1, -0.05) is 60.7 Å². The van der Waals surface area contributed by atoms with Crippen molar-refractivity contribution < 1.29 is 9.59 Å². The van der Waals surface area contributed by atoms with Gasteiger partial charge < -0.3 is 0 Å². The summed E-state index contributed by atoms with van der Waals surface area (Å²) in [6.07, 6.45) is 1.90. The maximum absolute atomic E-state index is 12.7. The molecule has 1 saturated heterocycles. The second-order valence-electron chi connectivity index (χ2n) is 6.11. The van der Waals surface area contributed by atoms with E-state index in [1.165, 1.54) is 10.5 Å². The molecule has 3 nitrogen and oxygen atoms in total. The molecule has 0 bridgehead atoms. The maximum atomic E-state index is 12.7. The van der Waals surface area contributed by atoms with Crippen LogP contribution in [0, 0.1) is 5.92 Å². The zero-order valence-electron chi connectivity index (χ0n) is 13.3. The first kappa shape index (κ1) is 15.5. The maximum Gasteiger partial charge on any atom is 0.233 e. The van der Waals surface area contributed by atoms with Crippen LogP contribution < -0.4 is 0 Å². The molecule has 1 fully saturated rings. The molecule has 23 heavy (non-hydrogen) atoms. The molecule has 2 aromatic carbocycles. The van der Waals surface area contributed by atoms with Gasteiger partial charge in [0.2, 0.25) is 11.8 Å². The van der Waals surface area contributed by atoms with Crippen LogP contribution in [0.15, 0.2) is 60.7 Å². The summed E-state index contributed by atoms with van der Waals surface area (Å²) in [5.74, 6) is -0.263. The van der Waals surface area contributed by atoms with Gasteiger partial charge in [-0.05, 0) is 30.9 Å². The molecule has 118 valence electrons. The van der Waals surface area contributed by atoms with Crippen LogP contribution in [0.4, 0.5) is 0 Å².